The Labute approximate surface area is 184 Å². The van der Waals surface area contributed by atoms with Gasteiger partial charge in [0.15, 0.2) is 28.5 Å². The van der Waals surface area contributed by atoms with Crippen molar-refractivity contribution < 1.29 is 18.7 Å². The van der Waals surface area contributed by atoms with Gasteiger partial charge in [-0.2, -0.15) is 4.98 Å². The Morgan fingerprint density at radius 2 is 2.12 bits per heavy atom. The first-order valence-corrected chi connectivity index (χ1v) is 10.8. The van der Waals surface area contributed by atoms with Crippen LogP contribution in [0, 0.1) is 11.7 Å². The van der Waals surface area contributed by atoms with Crippen molar-refractivity contribution >= 4 is 22.9 Å². The first kappa shape index (κ1) is 20.5. The van der Waals surface area contributed by atoms with Crippen LogP contribution in [0.25, 0.3) is 11.2 Å². The summed E-state index contributed by atoms with van der Waals surface area (Å²) in [6.07, 6.45) is 4.36. The summed E-state index contributed by atoms with van der Waals surface area (Å²) in [7, 11) is 1.41. The van der Waals surface area contributed by atoms with E-state index < -0.39 is 5.82 Å². The van der Waals surface area contributed by atoms with Crippen LogP contribution in [0.2, 0.25) is 0 Å². The van der Waals surface area contributed by atoms with E-state index >= 15 is 0 Å². The van der Waals surface area contributed by atoms with E-state index in [0.29, 0.717) is 41.8 Å². The molecule has 2 aromatic heterocycles. The van der Waals surface area contributed by atoms with Gasteiger partial charge in [0.2, 0.25) is 5.91 Å². The highest BCUT2D eigenvalue weighted by Gasteiger charge is 2.36. The lowest BCUT2D eigenvalue weighted by Gasteiger charge is -2.17. The standard InChI is InChI=1S/C22H25FN6O3/c1-3-29-20-18(27-22(29)32-15-6-7-17(31-2)16(23)10-15)19(24-12-25-20)26-14-8-9-28(11-14)21(30)13-4-5-13/h6-7,10,12-14H,3-5,8-9,11H2,1-2H3,(H,24,25,26). The average molecular weight is 440 g/mol. The van der Waals surface area contributed by atoms with Crippen LogP contribution in [-0.2, 0) is 11.3 Å². The molecule has 1 aromatic carbocycles. The number of anilines is 1. The molecule has 2 fully saturated rings. The van der Waals surface area contributed by atoms with Crippen molar-refractivity contribution in [1.29, 1.82) is 0 Å². The summed E-state index contributed by atoms with van der Waals surface area (Å²) in [4.78, 5) is 27.7. The first-order valence-electron chi connectivity index (χ1n) is 10.8. The fourth-order valence-corrected chi connectivity index (χ4v) is 4.06. The summed E-state index contributed by atoms with van der Waals surface area (Å²) in [5.41, 5.74) is 1.20. The lowest BCUT2D eigenvalue weighted by atomic mass is 10.2. The van der Waals surface area contributed by atoms with Gasteiger partial charge in [0.05, 0.1) is 7.11 Å². The first-order chi connectivity index (χ1) is 15.6. The van der Waals surface area contributed by atoms with Crippen molar-refractivity contribution in [1.82, 2.24) is 24.4 Å². The van der Waals surface area contributed by atoms with Gasteiger partial charge in [0, 0.05) is 37.7 Å². The zero-order chi connectivity index (χ0) is 22.2. The molecule has 32 heavy (non-hydrogen) atoms. The SMILES string of the molecule is CCn1c(Oc2ccc(OC)c(F)c2)nc2c(NC3CCN(C(=O)C4CC4)C3)ncnc21. The van der Waals surface area contributed by atoms with Gasteiger partial charge in [-0.25, -0.2) is 14.4 Å². The van der Waals surface area contributed by atoms with Crippen molar-refractivity contribution in [3.8, 4) is 17.5 Å². The minimum absolute atomic E-state index is 0.0997. The highest BCUT2D eigenvalue weighted by Crippen LogP contribution is 2.33. The molecule has 1 saturated carbocycles. The Morgan fingerprint density at radius 1 is 1.28 bits per heavy atom. The number of carbonyl (C=O) groups is 1. The molecule has 3 heterocycles. The van der Waals surface area contributed by atoms with Crippen molar-refractivity contribution in [2.24, 2.45) is 5.92 Å². The van der Waals surface area contributed by atoms with Crippen molar-refractivity contribution in [3.05, 3.63) is 30.3 Å². The van der Waals surface area contributed by atoms with Crippen LogP contribution in [0.4, 0.5) is 10.2 Å². The Hall–Kier alpha value is -3.43. The molecule has 1 saturated heterocycles. The summed E-state index contributed by atoms with van der Waals surface area (Å²) in [5, 5.41) is 3.43. The molecule has 1 atom stereocenters. The summed E-state index contributed by atoms with van der Waals surface area (Å²) in [5.74, 6) is 1.02. The monoisotopic (exact) mass is 440 g/mol. The molecule has 1 aliphatic carbocycles. The minimum Gasteiger partial charge on any atom is -0.494 e. The lowest BCUT2D eigenvalue weighted by molar-refractivity contribution is -0.131. The number of hydrogen-bond donors (Lipinski definition) is 1. The Morgan fingerprint density at radius 3 is 2.84 bits per heavy atom. The highest BCUT2D eigenvalue weighted by molar-refractivity contribution is 5.84. The predicted octanol–water partition coefficient (Wildman–Crippen LogP) is 3.21. The van der Waals surface area contributed by atoms with E-state index in [1.165, 1.54) is 25.6 Å². The molecule has 1 amide bonds. The number of nitrogens with zero attached hydrogens (tertiary/aromatic N) is 5. The number of likely N-dealkylation sites (tertiary alicyclic amines) is 1. The van der Waals surface area contributed by atoms with E-state index in [0.717, 1.165) is 25.8 Å². The number of ether oxygens (including phenoxy) is 2. The van der Waals surface area contributed by atoms with Gasteiger partial charge >= 0.3 is 6.01 Å². The number of aryl methyl sites for hydroxylation is 1. The maximum absolute atomic E-state index is 14.1. The maximum Gasteiger partial charge on any atom is 0.304 e. The number of rotatable bonds is 7. The van der Waals surface area contributed by atoms with E-state index in [4.69, 9.17) is 9.47 Å². The molecule has 0 spiro atoms. The molecule has 2 aliphatic rings. The molecule has 9 nitrogen and oxygen atoms in total. The number of imidazole rings is 1. The van der Waals surface area contributed by atoms with Crippen LogP contribution in [0.1, 0.15) is 26.2 Å². The van der Waals surface area contributed by atoms with Crippen LogP contribution < -0.4 is 14.8 Å². The summed E-state index contributed by atoms with van der Waals surface area (Å²) >= 11 is 0. The minimum atomic E-state index is -0.516. The highest BCUT2D eigenvalue weighted by atomic mass is 19.1. The molecule has 3 aromatic rings. The van der Waals surface area contributed by atoms with Gasteiger partial charge in [-0.15, -0.1) is 0 Å². The molecule has 1 aliphatic heterocycles. The van der Waals surface area contributed by atoms with Gasteiger partial charge in [0.1, 0.15) is 12.1 Å². The molecule has 10 heteroatoms. The lowest BCUT2D eigenvalue weighted by Crippen LogP contribution is -2.32. The number of halogens is 1. The second kappa shape index (κ2) is 8.25. The summed E-state index contributed by atoms with van der Waals surface area (Å²) in [6, 6.07) is 4.78. The largest absolute Gasteiger partial charge is 0.494 e. The zero-order valence-corrected chi connectivity index (χ0v) is 18.0. The van der Waals surface area contributed by atoms with Crippen molar-refractivity contribution in [3.63, 3.8) is 0 Å². The molecule has 0 radical (unpaired) electrons. The van der Waals surface area contributed by atoms with E-state index in [9.17, 15) is 9.18 Å². The fraction of sp³-hybridized carbons (Fsp3) is 0.455. The second-order valence-electron chi connectivity index (χ2n) is 8.12. The van der Waals surface area contributed by atoms with Crippen LogP contribution in [-0.4, -0.2) is 56.6 Å². The van der Waals surface area contributed by atoms with E-state index in [2.05, 4.69) is 20.3 Å². The van der Waals surface area contributed by atoms with Crippen LogP contribution in [0.15, 0.2) is 24.5 Å². The third-order valence-corrected chi connectivity index (χ3v) is 5.91. The zero-order valence-electron chi connectivity index (χ0n) is 18.0. The predicted molar refractivity (Wildman–Crippen MR) is 115 cm³/mol. The number of hydrogen-bond acceptors (Lipinski definition) is 7. The third-order valence-electron chi connectivity index (χ3n) is 5.91. The Bertz CT molecular complexity index is 1160. The average Bonchev–Trinajstić information content (AvgIpc) is 3.43. The number of benzene rings is 1. The number of nitrogens with one attached hydrogen (secondary N) is 1. The number of aromatic nitrogens is 4. The van der Waals surface area contributed by atoms with Gasteiger partial charge in [-0.1, -0.05) is 0 Å². The van der Waals surface area contributed by atoms with Gasteiger partial charge in [0.25, 0.3) is 0 Å². The molecule has 1 N–H and O–H groups in total. The smallest absolute Gasteiger partial charge is 0.304 e. The third kappa shape index (κ3) is 3.80. The van der Waals surface area contributed by atoms with Gasteiger partial charge < -0.3 is 19.7 Å². The maximum atomic E-state index is 14.1. The van der Waals surface area contributed by atoms with Crippen molar-refractivity contribution in [2.75, 3.05) is 25.5 Å². The van der Waals surface area contributed by atoms with E-state index in [1.54, 1.807) is 6.07 Å². The summed E-state index contributed by atoms with van der Waals surface area (Å²) in [6.45, 7) is 3.93. The van der Waals surface area contributed by atoms with Gasteiger partial charge in [-0.05, 0) is 38.3 Å². The fourth-order valence-electron chi connectivity index (χ4n) is 4.06. The number of methoxy groups -OCH3 is 1. The van der Waals surface area contributed by atoms with E-state index in [1.807, 2.05) is 16.4 Å². The number of carbonyl (C=O) groups excluding carboxylic acids is 1. The molecule has 5 rings (SSSR count). The number of fused-ring (bicyclic) bond motifs is 1. The molecular weight excluding hydrogens is 415 g/mol. The van der Waals surface area contributed by atoms with Crippen LogP contribution >= 0.6 is 0 Å². The summed E-state index contributed by atoms with van der Waals surface area (Å²) < 4.78 is 26.7. The normalized spacial score (nSPS) is 18.2. The second-order valence-corrected chi connectivity index (χ2v) is 8.12. The van der Waals surface area contributed by atoms with Crippen LogP contribution in [0.3, 0.4) is 0 Å². The Kier molecular flexibility index (Phi) is 5.28. The number of amides is 1. The molecule has 1 unspecified atom stereocenters. The quantitative estimate of drug-likeness (QED) is 0.603. The Balaban J connectivity index is 1.38. The molecule has 0 bridgehead atoms. The van der Waals surface area contributed by atoms with E-state index in [-0.39, 0.29) is 23.6 Å². The van der Waals surface area contributed by atoms with Crippen LogP contribution in [0.5, 0.6) is 17.5 Å². The molecule has 168 valence electrons. The van der Waals surface area contributed by atoms with Gasteiger partial charge in [-0.3, -0.25) is 9.36 Å². The topological polar surface area (TPSA) is 94.4 Å². The molecular formula is C22H25FN6O3. The van der Waals surface area contributed by atoms with Crippen molar-refractivity contribution in [2.45, 2.75) is 38.8 Å².